The van der Waals surface area contributed by atoms with E-state index in [4.69, 9.17) is 9.47 Å². The molecule has 4 heterocycles. The normalized spacial score (nSPS) is 18.9. The number of morpholine rings is 1. The first-order chi connectivity index (χ1) is 16.4. The molecule has 4 aromatic rings. The van der Waals surface area contributed by atoms with Crippen LogP contribution in [0.3, 0.4) is 0 Å². The van der Waals surface area contributed by atoms with Crippen molar-refractivity contribution in [1.82, 2.24) is 29.2 Å². The maximum Gasteiger partial charge on any atom is 0.261 e. The molecule has 1 aliphatic rings. The lowest BCUT2D eigenvalue weighted by Gasteiger charge is -2.35. The third-order valence-corrected chi connectivity index (χ3v) is 5.92. The van der Waals surface area contributed by atoms with Gasteiger partial charge in [-0.2, -0.15) is 5.10 Å². The maximum atomic E-state index is 13.2. The molecule has 0 aliphatic carbocycles. The molecule has 9 heteroatoms. The summed E-state index contributed by atoms with van der Waals surface area (Å²) in [5.41, 5.74) is 2.24. The van der Waals surface area contributed by atoms with Crippen molar-refractivity contribution in [3.63, 3.8) is 0 Å². The second kappa shape index (κ2) is 9.36. The number of nitrogens with zero attached hydrogens (tertiary/aromatic N) is 6. The summed E-state index contributed by atoms with van der Waals surface area (Å²) < 4.78 is 15.3. The van der Waals surface area contributed by atoms with Crippen LogP contribution in [0.5, 0.6) is 11.5 Å². The van der Waals surface area contributed by atoms with E-state index < -0.39 is 0 Å². The molecular formula is C25H28N6O3. The molecule has 34 heavy (non-hydrogen) atoms. The number of hydrogen-bond acceptors (Lipinski definition) is 7. The number of fused-ring (bicyclic) bond motifs is 1. The van der Waals surface area contributed by atoms with Crippen molar-refractivity contribution in [2.45, 2.75) is 32.6 Å². The van der Waals surface area contributed by atoms with Gasteiger partial charge in [-0.15, -0.1) is 0 Å². The van der Waals surface area contributed by atoms with Crippen LogP contribution in [-0.4, -0.2) is 61.1 Å². The first-order valence-corrected chi connectivity index (χ1v) is 11.4. The number of rotatable bonds is 6. The number of benzene rings is 1. The summed E-state index contributed by atoms with van der Waals surface area (Å²) in [6, 6.07) is 9.03. The SMILES string of the molecule is C[C@@H]1CN(CCn2cnc3ccc(Oc4ccnc(-c5cnn(C)c5)c4)cc3c2=O)C[C@H](C)O1. The van der Waals surface area contributed by atoms with Gasteiger partial charge in [-0.3, -0.25) is 23.9 Å². The largest absolute Gasteiger partial charge is 0.457 e. The van der Waals surface area contributed by atoms with Crippen LogP contribution in [-0.2, 0) is 18.3 Å². The Bertz CT molecular complexity index is 1350. The third kappa shape index (κ3) is 4.85. The van der Waals surface area contributed by atoms with Crippen LogP contribution in [0.1, 0.15) is 13.8 Å². The zero-order valence-corrected chi connectivity index (χ0v) is 19.6. The Balaban J connectivity index is 1.35. The van der Waals surface area contributed by atoms with Crippen LogP contribution >= 0.6 is 0 Å². The quantitative estimate of drug-likeness (QED) is 0.437. The Morgan fingerprint density at radius 1 is 1.06 bits per heavy atom. The molecule has 9 nitrogen and oxygen atoms in total. The van der Waals surface area contributed by atoms with E-state index in [1.807, 2.05) is 31.4 Å². The van der Waals surface area contributed by atoms with Crippen molar-refractivity contribution < 1.29 is 9.47 Å². The molecule has 3 aromatic heterocycles. The second-order valence-electron chi connectivity index (χ2n) is 8.82. The predicted octanol–water partition coefficient (Wildman–Crippen LogP) is 3.09. The number of ether oxygens (including phenoxy) is 2. The van der Waals surface area contributed by atoms with Crippen LogP contribution in [0, 0.1) is 0 Å². The highest BCUT2D eigenvalue weighted by molar-refractivity contribution is 5.79. The van der Waals surface area contributed by atoms with E-state index in [-0.39, 0.29) is 17.8 Å². The Hall–Kier alpha value is -3.56. The maximum absolute atomic E-state index is 13.2. The van der Waals surface area contributed by atoms with Crippen molar-refractivity contribution in [1.29, 1.82) is 0 Å². The van der Waals surface area contributed by atoms with Gasteiger partial charge in [0.05, 0.1) is 41.3 Å². The van der Waals surface area contributed by atoms with Crippen molar-refractivity contribution in [2.24, 2.45) is 7.05 Å². The van der Waals surface area contributed by atoms with Crippen molar-refractivity contribution in [3.8, 4) is 22.8 Å². The molecular weight excluding hydrogens is 432 g/mol. The smallest absolute Gasteiger partial charge is 0.261 e. The summed E-state index contributed by atoms with van der Waals surface area (Å²) in [6.07, 6.45) is 7.37. The van der Waals surface area contributed by atoms with Gasteiger partial charge < -0.3 is 9.47 Å². The molecule has 1 saturated heterocycles. The minimum Gasteiger partial charge on any atom is -0.457 e. The molecule has 0 saturated carbocycles. The summed E-state index contributed by atoms with van der Waals surface area (Å²) >= 11 is 0. The number of aryl methyl sites for hydroxylation is 1. The fraction of sp³-hybridized carbons (Fsp3) is 0.360. The fourth-order valence-electron chi connectivity index (χ4n) is 4.40. The Morgan fingerprint density at radius 2 is 1.85 bits per heavy atom. The van der Waals surface area contributed by atoms with Gasteiger partial charge in [0.2, 0.25) is 0 Å². The standard InChI is InChI=1S/C25H28N6O3/c1-17-13-30(14-18(2)33-17)8-9-31-16-27-23-5-4-20(10-22(23)25(31)32)34-21-6-7-26-24(11-21)19-12-28-29(3)15-19/h4-7,10-12,15-18H,8-9,13-14H2,1-3H3/t17-,18+. The average Bonchev–Trinajstić information content (AvgIpc) is 3.25. The van der Waals surface area contributed by atoms with E-state index in [1.54, 1.807) is 40.1 Å². The van der Waals surface area contributed by atoms with Crippen molar-refractivity contribution in [3.05, 3.63) is 65.6 Å². The zero-order chi connectivity index (χ0) is 23.7. The van der Waals surface area contributed by atoms with Gasteiger partial charge in [-0.05, 0) is 38.1 Å². The minimum absolute atomic E-state index is 0.0735. The summed E-state index contributed by atoms with van der Waals surface area (Å²) in [6.45, 7) is 7.24. The van der Waals surface area contributed by atoms with Crippen molar-refractivity contribution >= 4 is 10.9 Å². The summed E-state index contributed by atoms with van der Waals surface area (Å²) in [7, 11) is 1.86. The third-order valence-electron chi connectivity index (χ3n) is 5.92. The average molecular weight is 461 g/mol. The highest BCUT2D eigenvalue weighted by Gasteiger charge is 2.22. The lowest BCUT2D eigenvalue weighted by Crippen LogP contribution is -2.46. The van der Waals surface area contributed by atoms with Gasteiger partial charge >= 0.3 is 0 Å². The molecule has 1 aliphatic heterocycles. The highest BCUT2D eigenvalue weighted by atomic mass is 16.5. The number of aromatic nitrogens is 5. The van der Waals surface area contributed by atoms with E-state index in [9.17, 15) is 4.79 Å². The predicted molar refractivity (Wildman–Crippen MR) is 129 cm³/mol. The lowest BCUT2D eigenvalue weighted by molar-refractivity contribution is -0.0686. The zero-order valence-electron chi connectivity index (χ0n) is 19.6. The van der Waals surface area contributed by atoms with Gasteiger partial charge in [0.1, 0.15) is 11.5 Å². The first kappa shape index (κ1) is 22.2. The van der Waals surface area contributed by atoms with Gasteiger partial charge in [0, 0.05) is 57.3 Å². The first-order valence-electron chi connectivity index (χ1n) is 11.4. The molecule has 1 aromatic carbocycles. The van der Waals surface area contributed by atoms with E-state index in [0.29, 0.717) is 28.9 Å². The summed E-state index contributed by atoms with van der Waals surface area (Å²) in [5, 5.41) is 4.73. The highest BCUT2D eigenvalue weighted by Crippen LogP contribution is 2.26. The summed E-state index contributed by atoms with van der Waals surface area (Å²) in [5.74, 6) is 1.20. The van der Waals surface area contributed by atoms with Gasteiger partial charge in [-0.1, -0.05) is 0 Å². The van der Waals surface area contributed by atoms with Crippen LogP contribution in [0.15, 0.2) is 60.0 Å². The number of hydrogen-bond donors (Lipinski definition) is 0. The minimum atomic E-state index is -0.0735. The van der Waals surface area contributed by atoms with Gasteiger partial charge in [0.25, 0.3) is 5.56 Å². The molecule has 2 atom stereocenters. The van der Waals surface area contributed by atoms with E-state index in [1.165, 1.54) is 0 Å². The Labute approximate surface area is 197 Å². The molecule has 0 spiro atoms. The van der Waals surface area contributed by atoms with E-state index >= 15 is 0 Å². The lowest BCUT2D eigenvalue weighted by atomic mass is 10.2. The second-order valence-corrected chi connectivity index (χ2v) is 8.82. The number of pyridine rings is 1. The van der Waals surface area contributed by atoms with Crippen molar-refractivity contribution in [2.75, 3.05) is 19.6 Å². The summed E-state index contributed by atoms with van der Waals surface area (Å²) in [4.78, 5) is 24.4. The molecule has 0 amide bonds. The Kier molecular flexibility index (Phi) is 6.12. The van der Waals surface area contributed by atoms with Crippen LogP contribution in [0.4, 0.5) is 0 Å². The molecule has 5 rings (SSSR count). The monoisotopic (exact) mass is 460 g/mol. The molecule has 176 valence electrons. The van der Waals surface area contributed by atoms with Gasteiger partial charge in [-0.25, -0.2) is 4.98 Å². The van der Waals surface area contributed by atoms with Crippen LogP contribution in [0.25, 0.3) is 22.2 Å². The molecule has 0 N–H and O–H groups in total. The fourth-order valence-corrected chi connectivity index (χ4v) is 4.40. The van der Waals surface area contributed by atoms with E-state index in [0.717, 1.165) is 30.9 Å². The van der Waals surface area contributed by atoms with Crippen LogP contribution in [0.2, 0.25) is 0 Å². The molecule has 0 bridgehead atoms. The topological polar surface area (TPSA) is 87.3 Å². The molecule has 0 unspecified atom stereocenters. The van der Waals surface area contributed by atoms with E-state index in [2.05, 4.69) is 33.8 Å². The molecule has 0 radical (unpaired) electrons. The molecule has 1 fully saturated rings. The van der Waals surface area contributed by atoms with Gasteiger partial charge in [0.15, 0.2) is 0 Å². The van der Waals surface area contributed by atoms with Crippen LogP contribution < -0.4 is 10.3 Å². The Morgan fingerprint density at radius 3 is 2.62 bits per heavy atom.